The lowest BCUT2D eigenvalue weighted by molar-refractivity contribution is -0.140. The Balaban J connectivity index is 3.01. The van der Waals surface area contributed by atoms with E-state index in [4.69, 9.17) is 15.9 Å². The van der Waals surface area contributed by atoms with Gasteiger partial charge in [0.2, 0.25) is 5.91 Å². The van der Waals surface area contributed by atoms with Crippen LogP contribution in [-0.4, -0.2) is 137 Å². The van der Waals surface area contributed by atoms with Crippen molar-refractivity contribution < 1.29 is 34.5 Å². The second-order valence-electron chi connectivity index (χ2n) is 7.25. The Labute approximate surface area is 169 Å². The standard InChI is InChI=1S/C17H31N5O7/c1-13-8-21(12-17(28)29)5-4-19(10-15(24)25)2-3-20(11-16(26)27)6-7-22(13)9-14(18)23/h13H,2-12H2,1H3,(H2,18,23)(H,24,25)(H,26,27)(H,28,29). The van der Waals surface area contributed by atoms with Crippen molar-refractivity contribution in [3.05, 3.63) is 0 Å². The van der Waals surface area contributed by atoms with E-state index in [2.05, 4.69) is 0 Å². The second kappa shape index (κ2) is 12.3. The maximum Gasteiger partial charge on any atom is 0.317 e. The van der Waals surface area contributed by atoms with E-state index in [9.17, 15) is 24.3 Å². The maximum absolute atomic E-state index is 11.5. The third kappa shape index (κ3) is 10.7. The van der Waals surface area contributed by atoms with Crippen LogP contribution in [0, 0.1) is 0 Å². The molecule has 12 nitrogen and oxygen atoms in total. The Morgan fingerprint density at radius 3 is 1.52 bits per heavy atom. The molecule has 0 aromatic heterocycles. The van der Waals surface area contributed by atoms with E-state index in [0.717, 1.165) is 0 Å². The van der Waals surface area contributed by atoms with Crippen molar-refractivity contribution in [2.24, 2.45) is 5.73 Å². The summed E-state index contributed by atoms with van der Waals surface area (Å²) < 4.78 is 0. The molecule has 0 aliphatic carbocycles. The molecule has 1 amide bonds. The van der Waals surface area contributed by atoms with Crippen LogP contribution >= 0.6 is 0 Å². The largest absolute Gasteiger partial charge is 0.480 e. The average Bonchev–Trinajstić information content (AvgIpc) is 2.57. The normalized spacial score (nSPS) is 21.8. The Morgan fingerprint density at radius 1 is 0.724 bits per heavy atom. The summed E-state index contributed by atoms with van der Waals surface area (Å²) in [5, 5.41) is 27.5. The summed E-state index contributed by atoms with van der Waals surface area (Å²) in [7, 11) is 0. The molecule has 0 aromatic rings. The zero-order valence-electron chi connectivity index (χ0n) is 16.7. The third-order valence-corrected chi connectivity index (χ3v) is 4.75. The summed E-state index contributed by atoms with van der Waals surface area (Å²) in [5.41, 5.74) is 5.34. The van der Waals surface area contributed by atoms with Crippen LogP contribution in [0.15, 0.2) is 0 Å². The zero-order valence-corrected chi connectivity index (χ0v) is 16.7. The smallest absolute Gasteiger partial charge is 0.317 e. The number of amides is 1. The van der Waals surface area contributed by atoms with Gasteiger partial charge < -0.3 is 21.1 Å². The van der Waals surface area contributed by atoms with E-state index in [0.29, 0.717) is 45.8 Å². The number of rotatable bonds is 8. The van der Waals surface area contributed by atoms with Crippen molar-refractivity contribution >= 4 is 23.8 Å². The summed E-state index contributed by atoms with van der Waals surface area (Å²) in [4.78, 5) is 51.9. The van der Waals surface area contributed by atoms with Crippen LogP contribution in [0.4, 0.5) is 0 Å². The molecule has 5 N–H and O–H groups in total. The Bertz CT molecular complexity index is 589. The molecule has 0 radical (unpaired) electrons. The molecular formula is C17H31N5O7. The molecule has 12 heteroatoms. The summed E-state index contributed by atoms with van der Waals surface area (Å²) in [5.74, 6) is -3.52. The number of primary amides is 1. The molecule has 0 bridgehead atoms. The molecule has 1 aliphatic heterocycles. The summed E-state index contributed by atoms with van der Waals surface area (Å²) >= 11 is 0. The van der Waals surface area contributed by atoms with Gasteiger partial charge in [0.15, 0.2) is 0 Å². The number of hydrogen-bond donors (Lipinski definition) is 4. The summed E-state index contributed by atoms with van der Waals surface area (Å²) in [6, 6.07) is -0.208. The van der Waals surface area contributed by atoms with Crippen LogP contribution in [0.3, 0.4) is 0 Å². The predicted octanol–water partition coefficient (Wildman–Crippen LogP) is -2.66. The number of nitrogens with two attached hydrogens (primary N) is 1. The highest BCUT2D eigenvalue weighted by Gasteiger charge is 2.24. The first-order chi connectivity index (χ1) is 13.6. The van der Waals surface area contributed by atoms with E-state index in [1.165, 1.54) is 0 Å². The monoisotopic (exact) mass is 417 g/mol. The number of carbonyl (C=O) groups is 4. The molecule has 1 aliphatic rings. The topological polar surface area (TPSA) is 168 Å². The van der Waals surface area contributed by atoms with Gasteiger partial charge in [-0.25, -0.2) is 0 Å². The lowest BCUT2D eigenvalue weighted by atomic mass is 10.2. The average molecular weight is 417 g/mol. The number of hydrogen-bond acceptors (Lipinski definition) is 8. The van der Waals surface area contributed by atoms with Crippen molar-refractivity contribution in [1.29, 1.82) is 0 Å². The van der Waals surface area contributed by atoms with E-state index in [1.54, 1.807) is 14.7 Å². The van der Waals surface area contributed by atoms with Crippen molar-refractivity contribution in [3.63, 3.8) is 0 Å². The van der Waals surface area contributed by atoms with Crippen LogP contribution in [-0.2, 0) is 19.2 Å². The van der Waals surface area contributed by atoms with E-state index < -0.39 is 23.8 Å². The highest BCUT2D eigenvalue weighted by molar-refractivity contribution is 5.76. The highest BCUT2D eigenvalue weighted by Crippen LogP contribution is 2.06. The number of carboxylic acid groups (broad SMARTS) is 3. The van der Waals surface area contributed by atoms with Crippen molar-refractivity contribution in [2.75, 3.05) is 72.0 Å². The van der Waals surface area contributed by atoms with Gasteiger partial charge in [0.25, 0.3) is 0 Å². The quantitative estimate of drug-likeness (QED) is 0.325. The molecular weight excluding hydrogens is 386 g/mol. The molecule has 1 unspecified atom stereocenters. The SMILES string of the molecule is CC1CN(CC(=O)O)CCN(CC(=O)O)CCN(CC(=O)O)CCN1CC(N)=O. The van der Waals surface area contributed by atoms with Gasteiger partial charge >= 0.3 is 17.9 Å². The van der Waals surface area contributed by atoms with E-state index >= 15 is 0 Å². The molecule has 166 valence electrons. The number of nitrogens with zero attached hydrogens (tertiary/aromatic N) is 4. The summed E-state index contributed by atoms with van der Waals surface area (Å²) in [6.45, 7) is 3.57. The van der Waals surface area contributed by atoms with Gasteiger partial charge in [-0.2, -0.15) is 0 Å². The first-order valence-electron chi connectivity index (χ1n) is 9.41. The second-order valence-corrected chi connectivity index (χ2v) is 7.25. The molecule has 0 spiro atoms. The fraction of sp³-hybridized carbons (Fsp3) is 0.765. The molecule has 0 saturated carbocycles. The minimum atomic E-state index is -1.01. The molecule has 1 saturated heterocycles. The number of carboxylic acids is 3. The van der Waals surface area contributed by atoms with Crippen molar-refractivity contribution in [1.82, 2.24) is 19.6 Å². The van der Waals surface area contributed by atoms with Crippen molar-refractivity contribution in [3.8, 4) is 0 Å². The van der Waals surface area contributed by atoms with Gasteiger partial charge in [-0.05, 0) is 6.92 Å². The number of carbonyl (C=O) groups excluding carboxylic acids is 1. The minimum Gasteiger partial charge on any atom is -0.480 e. The zero-order chi connectivity index (χ0) is 22.0. The molecule has 1 rings (SSSR count). The highest BCUT2D eigenvalue weighted by atomic mass is 16.4. The molecule has 1 atom stereocenters. The van der Waals surface area contributed by atoms with Crippen LogP contribution in [0.1, 0.15) is 6.92 Å². The summed E-state index contributed by atoms with van der Waals surface area (Å²) in [6.07, 6.45) is 0. The Kier molecular flexibility index (Phi) is 10.5. The third-order valence-electron chi connectivity index (χ3n) is 4.75. The first-order valence-corrected chi connectivity index (χ1v) is 9.41. The molecule has 0 aromatic carbocycles. The lowest BCUT2D eigenvalue weighted by Gasteiger charge is -2.36. The van der Waals surface area contributed by atoms with E-state index in [1.807, 2.05) is 11.8 Å². The Hall–Kier alpha value is -2.28. The van der Waals surface area contributed by atoms with Gasteiger partial charge in [-0.1, -0.05) is 0 Å². The molecule has 1 fully saturated rings. The van der Waals surface area contributed by atoms with Crippen LogP contribution in [0.25, 0.3) is 0 Å². The lowest BCUT2D eigenvalue weighted by Crippen LogP contribution is -2.52. The predicted molar refractivity (Wildman–Crippen MR) is 102 cm³/mol. The number of aliphatic carboxylic acids is 3. The van der Waals surface area contributed by atoms with Gasteiger partial charge in [-0.15, -0.1) is 0 Å². The Morgan fingerprint density at radius 2 is 1.10 bits per heavy atom. The maximum atomic E-state index is 11.5. The molecule has 29 heavy (non-hydrogen) atoms. The van der Waals surface area contributed by atoms with Gasteiger partial charge in [-0.3, -0.25) is 38.8 Å². The fourth-order valence-electron chi connectivity index (χ4n) is 3.33. The molecule has 1 heterocycles. The van der Waals surface area contributed by atoms with Crippen molar-refractivity contribution in [2.45, 2.75) is 13.0 Å². The van der Waals surface area contributed by atoms with Gasteiger partial charge in [0.05, 0.1) is 26.2 Å². The minimum absolute atomic E-state index is 0.0197. The van der Waals surface area contributed by atoms with Crippen LogP contribution < -0.4 is 5.73 Å². The first kappa shape index (κ1) is 24.8. The van der Waals surface area contributed by atoms with E-state index in [-0.39, 0.29) is 32.2 Å². The van der Waals surface area contributed by atoms with Gasteiger partial charge in [0.1, 0.15) is 0 Å². The fourth-order valence-corrected chi connectivity index (χ4v) is 3.33. The van der Waals surface area contributed by atoms with Crippen LogP contribution in [0.5, 0.6) is 0 Å². The van der Waals surface area contributed by atoms with Gasteiger partial charge in [0, 0.05) is 51.9 Å². The van der Waals surface area contributed by atoms with Crippen LogP contribution in [0.2, 0.25) is 0 Å².